The van der Waals surface area contributed by atoms with Gasteiger partial charge in [-0.1, -0.05) is 12.2 Å². The van der Waals surface area contributed by atoms with Crippen molar-refractivity contribution < 1.29 is 13.0 Å². The van der Waals surface area contributed by atoms with Crippen molar-refractivity contribution in [3.63, 3.8) is 0 Å². The third kappa shape index (κ3) is 7.39. The Bertz CT molecular complexity index is 223. The van der Waals surface area contributed by atoms with E-state index in [9.17, 15) is 8.42 Å². The van der Waals surface area contributed by atoms with Gasteiger partial charge in [0, 0.05) is 0 Å². The first kappa shape index (κ1) is 8.39. The topological polar surface area (TPSA) is 54.4 Å². The minimum absolute atomic E-state index is 0.577. The summed E-state index contributed by atoms with van der Waals surface area (Å²) in [6.45, 7) is 5.02. The van der Waals surface area contributed by atoms with Crippen molar-refractivity contribution in [3.8, 4) is 0 Å². The molecule has 52 valence electrons. The molecule has 0 aromatic carbocycles. The lowest BCUT2D eigenvalue weighted by Crippen LogP contribution is -1.88. The van der Waals surface area contributed by atoms with Crippen LogP contribution in [0.4, 0.5) is 0 Å². The van der Waals surface area contributed by atoms with Gasteiger partial charge in [-0.2, -0.15) is 8.42 Å². The normalized spacial score (nSPS) is 12.2. The molecule has 0 spiro atoms. The van der Waals surface area contributed by atoms with Crippen LogP contribution in [0.1, 0.15) is 6.92 Å². The Balaban J connectivity index is 4.21. The second-order valence-electron chi connectivity index (χ2n) is 1.66. The fourth-order valence-electron chi connectivity index (χ4n) is 0.202. The van der Waals surface area contributed by atoms with Crippen molar-refractivity contribution in [1.82, 2.24) is 0 Å². The predicted octanol–water partition coefficient (Wildman–Crippen LogP) is 0.964. The highest BCUT2D eigenvalue weighted by Gasteiger charge is 1.92. The van der Waals surface area contributed by atoms with E-state index in [-0.39, 0.29) is 0 Å². The van der Waals surface area contributed by atoms with Crippen molar-refractivity contribution in [2.24, 2.45) is 0 Å². The van der Waals surface area contributed by atoms with Crippen LogP contribution in [-0.2, 0) is 10.1 Å². The predicted molar refractivity (Wildman–Crippen MR) is 35.5 cm³/mol. The first-order valence-electron chi connectivity index (χ1n) is 2.23. The molecule has 0 amide bonds. The van der Waals surface area contributed by atoms with Crippen LogP contribution < -0.4 is 0 Å². The second-order valence-corrected chi connectivity index (χ2v) is 2.97. The molecular weight excluding hydrogens is 140 g/mol. The van der Waals surface area contributed by atoms with Crippen molar-refractivity contribution in [3.05, 3.63) is 23.6 Å². The van der Waals surface area contributed by atoms with Gasteiger partial charge in [0.05, 0.1) is 5.41 Å². The van der Waals surface area contributed by atoms with Gasteiger partial charge in [0.2, 0.25) is 0 Å². The number of hydrogen-bond acceptors (Lipinski definition) is 2. The minimum Gasteiger partial charge on any atom is -0.282 e. The van der Waals surface area contributed by atoms with Crippen LogP contribution in [0.5, 0.6) is 0 Å². The molecule has 1 N–H and O–H groups in total. The monoisotopic (exact) mass is 148 g/mol. The number of hydrogen-bond donors (Lipinski definition) is 1. The molecule has 0 bridgehead atoms. The van der Waals surface area contributed by atoms with Crippen LogP contribution in [0.25, 0.3) is 0 Å². The van der Waals surface area contributed by atoms with E-state index in [1.54, 1.807) is 6.92 Å². The lowest BCUT2D eigenvalue weighted by molar-refractivity contribution is 0.494. The molecule has 0 unspecified atom stereocenters. The van der Waals surface area contributed by atoms with E-state index in [4.69, 9.17) is 4.55 Å². The lowest BCUT2D eigenvalue weighted by Gasteiger charge is -1.83. The SMILES string of the molecule is C=C(C)/C=C/S(=O)(=O)O. The molecule has 4 heteroatoms. The van der Waals surface area contributed by atoms with Crippen molar-refractivity contribution in [2.75, 3.05) is 0 Å². The van der Waals surface area contributed by atoms with Crippen LogP contribution in [0, 0.1) is 0 Å². The third-order valence-corrected chi connectivity index (χ3v) is 1.00. The minimum atomic E-state index is -3.96. The molecule has 0 aliphatic carbocycles. The van der Waals surface area contributed by atoms with Gasteiger partial charge in [0.25, 0.3) is 10.1 Å². The second kappa shape index (κ2) is 2.80. The van der Waals surface area contributed by atoms with Crippen LogP contribution >= 0.6 is 0 Å². The highest BCUT2D eigenvalue weighted by molar-refractivity contribution is 7.88. The van der Waals surface area contributed by atoms with E-state index in [0.717, 1.165) is 0 Å². The quantitative estimate of drug-likeness (QED) is 0.469. The van der Waals surface area contributed by atoms with E-state index in [2.05, 4.69) is 6.58 Å². The van der Waals surface area contributed by atoms with Crippen LogP contribution in [0.2, 0.25) is 0 Å². The summed E-state index contributed by atoms with van der Waals surface area (Å²) in [4.78, 5) is 0. The summed E-state index contributed by atoms with van der Waals surface area (Å²) in [7, 11) is -3.96. The van der Waals surface area contributed by atoms with Gasteiger partial charge >= 0.3 is 0 Å². The summed E-state index contributed by atoms with van der Waals surface area (Å²) in [6.07, 6.45) is 1.22. The zero-order chi connectivity index (χ0) is 7.49. The average Bonchev–Trinajstić information content (AvgIpc) is 1.59. The van der Waals surface area contributed by atoms with Gasteiger partial charge < -0.3 is 0 Å². The molecule has 0 radical (unpaired) electrons. The summed E-state index contributed by atoms with van der Waals surface area (Å²) in [5, 5.41) is 0.690. The molecule has 0 heterocycles. The molecule has 0 aliphatic heterocycles. The van der Waals surface area contributed by atoms with E-state index in [1.807, 2.05) is 0 Å². The molecule has 0 saturated carbocycles. The largest absolute Gasteiger partial charge is 0.287 e. The van der Waals surface area contributed by atoms with Gasteiger partial charge in [0.15, 0.2) is 0 Å². The Morgan fingerprint density at radius 2 is 2.11 bits per heavy atom. The third-order valence-electron chi connectivity index (χ3n) is 0.525. The Labute approximate surface area is 54.4 Å². The maximum Gasteiger partial charge on any atom is 0.287 e. The van der Waals surface area contributed by atoms with E-state index >= 15 is 0 Å². The molecular formula is C5H8O3S. The maximum atomic E-state index is 9.96. The summed E-state index contributed by atoms with van der Waals surface area (Å²) in [5.74, 6) is 0. The van der Waals surface area contributed by atoms with Gasteiger partial charge in [-0.3, -0.25) is 4.55 Å². The Morgan fingerprint density at radius 3 is 2.22 bits per heavy atom. The smallest absolute Gasteiger partial charge is 0.282 e. The molecule has 0 atom stereocenters. The van der Waals surface area contributed by atoms with Crippen LogP contribution in [0.3, 0.4) is 0 Å². The van der Waals surface area contributed by atoms with Crippen molar-refractivity contribution in [2.45, 2.75) is 6.92 Å². The fourth-order valence-corrected chi connectivity index (χ4v) is 0.606. The molecule has 0 aliphatic rings. The maximum absolute atomic E-state index is 9.96. The number of allylic oxidation sites excluding steroid dienone is 2. The van der Waals surface area contributed by atoms with Gasteiger partial charge in [-0.05, 0) is 13.0 Å². The number of rotatable bonds is 2. The Morgan fingerprint density at radius 1 is 1.67 bits per heavy atom. The first-order valence-corrected chi connectivity index (χ1v) is 3.73. The van der Waals surface area contributed by atoms with Gasteiger partial charge in [-0.25, -0.2) is 0 Å². The summed E-state index contributed by atoms with van der Waals surface area (Å²) in [5.41, 5.74) is 0.577. The summed E-state index contributed by atoms with van der Waals surface area (Å²) < 4.78 is 28.0. The summed E-state index contributed by atoms with van der Waals surface area (Å²) >= 11 is 0. The van der Waals surface area contributed by atoms with E-state index < -0.39 is 10.1 Å². The molecule has 0 aromatic rings. The molecule has 0 aromatic heterocycles. The first-order chi connectivity index (χ1) is 3.92. The molecule has 0 saturated heterocycles. The van der Waals surface area contributed by atoms with Gasteiger partial charge in [-0.15, -0.1) is 0 Å². The Kier molecular flexibility index (Phi) is 2.61. The Hall–Kier alpha value is -0.610. The molecule has 3 nitrogen and oxygen atoms in total. The van der Waals surface area contributed by atoms with Crippen LogP contribution in [-0.4, -0.2) is 13.0 Å². The summed E-state index contributed by atoms with van der Waals surface area (Å²) in [6, 6.07) is 0. The molecule has 9 heavy (non-hydrogen) atoms. The van der Waals surface area contributed by atoms with E-state index in [0.29, 0.717) is 11.0 Å². The lowest BCUT2D eigenvalue weighted by atomic mass is 10.4. The zero-order valence-corrected chi connectivity index (χ0v) is 5.85. The zero-order valence-electron chi connectivity index (χ0n) is 5.03. The van der Waals surface area contributed by atoms with Crippen LogP contribution in [0.15, 0.2) is 23.6 Å². The standard InChI is InChI=1S/C5H8O3S/c1-5(2)3-4-9(6,7)8/h3-4H,1H2,2H3,(H,6,7,8)/b4-3+. The van der Waals surface area contributed by atoms with Gasteiger partial charge in [0.1, 0.15) is 0 Å². The highest BCUT2D eigenvalue weighted by Crippen LogP contribution is 1.92. The average molecular weight is 148 g/mol. The van der Waals surface area contributed by atoms with E-state index in [1.165, 1.54) is 6.08 Å². The molecule has 0 rings (SSSR count). The van der Waals surface area contributed by atoms with Crippen molar-refractivity contribution in [1.29, 1.82) is 0 Å². The molecule has 0 fully saturated rings. The van der Waals surface area contributed by atoms with Crippen molar-refractivity contribution >= 4 is 10.1 Å². The fraction of sp³-hybridized carbons (Fsp3) is 0.200. The highest BCUT2D eigenvalue weighted by atomic mass is 32.2.